The minimum Gasteiger partial charge on any atom is -0.478 e. The number of benzene rings is 1. The van der Waals surface area contributed by atoms with Crippen LogP contribution in [0.5, 0.6) is 0 Å². The van der Waals surface area contributed by atoms with Gasteiger partial charge in [-0.05, 0) is 18.1 Å². The van der Waals surface area contributed by atoms with Crippen molar-refractivity contribution in [2.24, 2.45) is 0 Å². The number of nitrogens with zero attached hydrogens (tertiary/aromatic N) is 1. The Morgan fingerprint density at radius 2 is 1.54 bits per heavy atom. The van der Waals surface area contributed by atoms with Gasteiger partial charge in [0.05, 0.1) is 11.6 Å². The highest BCUT2D eigenvalue weighted by molar-refractivity contribution is 6.01. The Labute approximate surface area is 144 Å². The Kier molecular flexibility index (Phi) is 13.9. The molecule has 0 aliphatic carbocycles. The molecule has 0 radical (unpaired) electrons. The molecule has 0 atom stereocenters. The van der Waals surface area contributed by atoms with E-state index in [0.717, 1.165) is 11.1 Å². The number of aliphatic carboxylic acids is 1. The first kappa shape index (κ1) is 22.9. The fourth-order valence-corrected chi connectivity index (χ4v) is 1.31. The number of nitriles is 1. The molecule has 1 aromatic carbocycles. The van der Waals surface area contributed by atoms with E-state index in [9.17, 15) is 4.79 Å². The SMILES string of the molecule is C=CC#N.C=CC(=C)C.C=CC(C(=O)O)=C(C=C)c1ccccc1. The molecule has 0 fully saturated rings. The van der Waals surface area contributed by atoms with Crippen LogP contribution in [0.2, 0.25) is 0 Å². The predicted molar refractivity (Wildman–Crippen MR) is 102 cm³/mol. The summed E-state index contributed by atoms with van der Waals surface area (Å²) in [5.74, 6) is -0.997. The highest BCUT2D eigenvalue weighted by Crippen LogP contribution is 2.20. The van der Waals surface area contributed by atoms with Crippen molar-refractivity contribution < 1.29 is 9.90 Å². The van der Waals surface area contributed by atoms with E-state index in [-0.39, 0.29) is 5.57 Å². The largest absolute Gasteiger partial charge is 0.478 e. The van der Waals surface area contributed by atoms with Crippen molar-refractivity contribution in [2.75, 3.05) is 0 Å². The minimum absolute atomic E-state index is 0.163. The molecular formula is C21H23NO2. The van der Waals surface area contributed by atoms with Crippen LogP contribution in [-0.2, 0) is 4.79 Å². The Balaban J connectivity index is 0. The molecule has 0 aliphatic heterocycles. The van der Waals surface area contributed by atoms with E-state index in [2.05, 4.69) is 32.9 Å². The molecule has 1 rings (SSSR count). The quantitative estimate of drug-likeness (QED) is 0.452. The lowest BCUT2D eigenvalue weighted by atomic mass is 10.00. The van der Waals surface area contributed by atoms with Crippen LogP contribution in [0, 0.1) is 11.3 Å². The van der Waals surface area contributed by atoms with Crippen molar-refractivity contribution in [1.82, 2.24) is 0 Å². The second-order valence-electron chi connectivity index (χ2n) is 4.29. The van der Waals surface area contributed by atoms with Crippen molar-refractivity contribution in [2.45, 2.75) is 6.92 Å². The highest BCUT2D eigenvalue weighted by atomic mass is 16.4. The van der Waals surface area contributed by atoms with Crippen LogP contribution < -0.4 is 0 Å². The molecule has 124 valence electrons. The second kappa shape index (κ2) is 14.6. The summed E-state index contributed by atoms with van der Waals surface area (Å²) in [7, 11) is 0. The third-order valence-electron chi connectivity index (χ3n) is 2.45. The summed E-state index contributed by atoms with van der Waals surface area (Å²) in [5, 5.41) is 16.5. The molecule has 0 bridgehead atoms. The van der Waals surface area contributed by atoms with Gasteiger partial charge in [-0.25, -0.2) is 4.79 Å². The minimum atomic E-state index is -0.997. The fraction of sp³-hybridized carbons (Fsp3) is 0.0476. The van der Waals surface area contributed by atoms with Gasteiger partial charge in [-0.2, -0.15) is 5.26 Å². The van der Waals surface area contributed by atoms with Crippen LogP contribution in [0.1, 0.15) is 12.5 Å². The average molecular weight is 321 g/mol. The van der Waals surface area contributed by atoms with Gasteiger partial charge in [0.2, 0.25) is 0 Å². The monoisotopic (exact) mass is 321 g/mol. The van der Waals surface area contributed by atoms with E-state index in [1.807, 2.05) is 37.3 Å². The summed E-state index contributed by atoms with van der Waals surface area (Å²) in [4.78, 5) is 10.9. The first-order valence-corrected chi connectivity index (χ1v) is 6.95. The normalized spacial score (nSPS) is 9.17. The van der Waals surface area contributed by atoms with Crippen molar-refractivity contribution in [3.8, 4) is 6.07 Å². The Morgan fingerprint density at radius 3 is 1.79 bits per heavy atom. The van der Waals surface area contributed by atoms with E-state index >= 15 is 0 Å². The Bertz CT molecular complexity index is 659. The van der Waals surface area contributed by atoms with Gasteiger partial charge < -0.3 is 5.11 Å². The summed E-state index contributed by atoms with van der Waals surface area (Å²) in [5.41, 5.74) is 2.59. The molecule has 3 nitrogen and oxygen atoms in total. The van der Waals surface area contributed by atoms with Gasteiger partial charge in [0, 0.05) is 6.08 Å². The van der Waals surface area contributed by atoms with E-state index < -0.39 is 5.97 Å². The third-order valence-corrected chi connectivity index (χ3v) is 2.45. The van der Waals surface area contributed by atoms with Gasteiger partial charge in [-0.1, -0.05) is 87.0 Å². The Morgan fingerprint density at radius 1 is 1.08 bits per heavy atom. The zero-order chi connectivity index (χ0) is 19.0. The lowest BCUT2D eigenvalue weighted by molar-refractivity contribution is -0.132. The first-order valence-electron chi connectivity index (χ1n) is 6.95. The molecule has 0 amide bonds. The van der Waals surface area contributed by atoms with E-state index in [1.54, 1.807) is 12.1 Å². The summed E-state index contributed by atoms with van der Waals surface area (Å²) in [6.07, 6.45) is 5.76. The molecule has 0 spiro atoms. The number of carboxylic acid groups (broad SMARTS) is 1. The molecule has 24 heavy (non-hydrogen) atoms. The van der Waals surface area contributed by atoms with E-state index in [0.29, 0.717) is 5.57 Å². The molecule has 1 aromatic rings. The summed E-state index contributed by atoms with van der Waals surface area (Å²) in [6, 6.07) is 10.9. The number of rotatable bonds is 5. The summed E-state index contributed by atoms with van der Waals surface area (Å²) in [6.45, 7) is 19.2. The van der Waals surface area contributed by atoms with Gasteiger partial charge in [0.15, 0.2) is 0 Å². The Hall–Kier alpha value is -3.38. The summed E-state index contributed by atoms with van der Waals surface area (Å²) >= 11 is 0. The van der Waals surface area contributed by atoms with Gasteiger partial charge in [0.25, 0.3) is 0 Å². The van der Waals surface area contributed by atoms with Gasteiger partial charge in [-0.3, -0.25) is 0 Å². The van der Waals surface area contributed by atoms with Crippen molar-refractivity contribution in [3.05, 3.63) is 104 Å². The first-order chi connectivity index (χ1) is 11.4. The standard InChI is InChI=1S/C13H12O2.C5H8.C3H3N/c1-3-11(12(4-2)13(14)15)10-8-6-5-7-9-10;1-4-5(2)3;1-2-3-4/h3-9H,1-2H2,(H,14,15);4H,1-2H2,3H3;2H,1H2. The number of hydrogen-bond acceptors (Lipinski definition) is 2. The number of carbonyl (C=O) groups is 1. The lowest BCUT2D eigenvalue weighted by Crippen LogP contribution is -2.00. The molecule has 0 unspecified atom stereocenters. The molecular weight excluding hydrogens is 298 g/mol. The van der Waals surface area contributed by atoms with Gasteiger partial charge in [-0.15, -0.1) is 0 Å². The maximum Gasteiger partial charge on any atom is 0.336 e. The van der Waals surface area contributed by atoms with Crippen molar-refractivity contribution >= 4 is 11.5 Å². The molecule has 0 saturated heterocycles. The zero-order valence-corrected chi connectivity index (χ0v) is 14.0. The lowest BCUT2D eigenvalue weighted by Gasteiger charge is -2.05. The molecule has 0 aromatic heterocycles. The predicted octanol–water partition coefficient (Wildman–Crippen LogP) is 5.34. The van der Waals surface area contributed by atoms with Gasteiger partial charge in [0.1, 0.15) is 0 Å². The topological polar surface area (TPSA) is 61.1 Å². The summed E-state index contributed by atoms with van der Waals surface area (Å²) < 4.78 is 0. The number of hydrogen-bond donors (Lipinski definition) is 1. The highest BCUT2D eigenvalue weighted by Gasteiger charge is 2.09. The van der Waals surface area contributed by atoms with Crippen LogP contribution in [0.15, 0.2) is 98.7 Å². The molecule has 0 saturated carbocycles. The maximum absolute atomic E-state index is 10.9. The molecule has 1 N–H and O–H groups in total. The molecule has 0 aliphatic rings. The van der Waals surface area contributed by atoms with E-state index in [1.165, 1.54) is 18.2 Å². The van der Waals surface area contributed by atoms with Crippen LogP contribution in [0.4, 0.5) is 0 Å². The zero-order valence-electron chi connectivity index (χ0n) is 14.0. The smallest absolute Gasteiger partial charge is 0.336 e. The third kappa shape index (κ3) is 10.4. The maximum atomic E-state index is 10.9. The molecule has 0 heterocycles. The van der Waals surface area contributed by atoms with Crippen LogP contribution >= 0.6 is 0 Å². The van der Waals surface area contributed by atoms with E-state index in [4.69, 9.17) is 10.4 Å². The van der Waals surface area contributed by atoms with Crippen molar-refractivity contribution in [1.29, 1.82) is 5.26 Å². The van der Waals surface area contributed by atoms with Crippen LogP contribution in [0.25, 0.3) is 5.57 Å². The average Bonchev–Trinajstić information content (AvgIpc) is 2.60. The number of carboxylic acids is 1. The van der Waals surface area contributed by atoms with Gasteiger partial charge >= 0.3 is 5.97 Å². The second-order valence-corrected chi connectivity index (χ2v) is 4.29. The van der Waals surface area contributed by atoms with Crippen LogP contribution in [-0.4, -0.2) is 11.1 Å². The molecule has 3 heteroatoms. The van der Waals surface area contributed by atoms with Crippen LogP contribution in [0.3, 0.4) is 0 Å². The fourth-order valence-electron chi connectivity index (χ4n) is 1.31. The van der Waals surface area contributed by atoms with Crippen molar-refractivity contribution in [3.63, 3.8) is 0 Å². The number of allylic oxidation sites excluding steroid dienone is 5.